The summed E-state index contributed by atoms with van der Waals surface area (Å²) >= 11 is 5.51. The highest BCUT2D eigenvalue weighted by molar-refractivity contribution is 6.31. The molecule has 0 atom stereocenters. The second-order valence-corrected chi connectivity index (χ2v) is 5.44. The summed E-state index contributed by atoms with van der Waals surface area (Å²) in [5.41, 5.74) is -0.895. The molecule has 1 aromatic heterocycles. The first-order valence-corrected chi connectivity index (χ1v) is 7.64. The third-order valence-electron chi connectivity index (χ3n) is 3.09. The third kappa shape index (κ3) is 5.96. The van der Waals surface area contributed by atoms with Gasteiger partial charge < -0.3 is 14.5 Å². The summed E-state index contributed by atoms with van der Waals surface area (Å²) < 4.78 is 48.0. The number of alkyl halides is 3. The van der Waals surface area contributed by atoms with Crippen molar-refractivity contribution in [3.8, 4) is 0 Å². The molecule has 1 amide bonds. The Morgan fingerprint density at radius 1 is 1.27 bits per heavy atom. The largest absolute Gasteiger partial charge is 0.467 e. The summed E-state index contributed by atoms with van der Waals surface area (Å²) in [4.78, 5) is 23.1. The minimum atomic E-state index is -4.60. The Kier molecular flexibility index (Phi) is 6.46. The number of ether oxygens (including phenoxy) is 1. The fourth-order valence-electron chi connectivity index (χ4n) is 1.86. The minimum absolute atomic E-state index is 0.112. The van der Waals surface area contributed by atoms with Gasteiger partial charge in [-0.1, -0.05) is 17.7 Å². The lowest BCUT2D eigenvalue weighted by atomic mass is 10.1. The molecule has 0 aliphatic rings. The molecule has 1 heterocycles. The van der Waals surface area contributed by atoms with Crippen LogP contribution in [0, 0.1) is 0 Å². The highest BCUT2D eigenvalue weighted by Gasteiger charge is 2.33. The van der Waals surface area contributed by atoms with Gasteiger partial charge in [-0.05, 0) is 35.9 Å². The van der Waals surface area contributed by atoms with Crippen LogP contribution in [0.2, 0.25) is 5.02 Å². The zero-order valence-electron chi connectivity index (χ0n) is 13.2. The first-order valence-electron chi connectivity index (χ1n) is 7.26. The highest BCUT2D eigenvalue weighted by atomic mass is 35.5. The van der Waals surface area contributed by atoms with Crippen LogP contribution in [0.3, 0.4) is 0 Å². The topological polar surface area (TPSA) is 68.5 Å². The third-order valence-corrected chi connectivity index (χ3v) is 3.42. The molecule has 1 N–H and O–H groups in total. The van der Waals surface area contributed by atoms with E-state index in [0.29, 0.717) is 5.76 Å². The number of esters is 1. The molecule has 0 unspecified atom stereocenters. The van der Waals surface area contributed by atoms with Gasteiger partial charge in [-0.2, -0.15) is 13.2 Å². The number of furan rings is 1. The molecule has 2 aromatic rings. The average molecular weight is 388 g/mol. The molecule has 0 aliphatic carbocycles. The van der Waals surface area contributed by atoms with Gasteiger partial charge in [-0.25, -0.2) is 4.79 Å². The number of amides is 1. The van der Waals surface area contributed by atoms with Crippen LogP contribution in [0.4, 0.5) is 13.2 Å². The molecule has 2 rings (SSSR count). The number of rotatable bonds is 6. The van der Waals surface area contributed by atoms with Crippen LogP contribution in [0.25, 0.3) is 6.08 Å². The van der Waals surface area contributed by atoms with Crippen molar-refractivity contribution in [3.05, 3.63) is 64.6 Å². The first-order chi connectivity index (χ1) is 12.3. The Labute approximate surface area is 151 Å². The van der Waals surface area contributed by atoms with Gasteiger partial charge in [-0.15, -0.1) is 0 Å². The van der Waals surface area contributed by atoms with Gasteiger partial charge >= 0.3 is 12.1 Å². The predicted octanol–water partition coefficient (Wildman–Crippen LogP) is 3.82. The molecule has 0 fully saturated rings. The summed E-state index contributed by atoms with van der Waals surface area (Å²) in [5, 5.41) is 2.03. The van der Waals surface area contributed by atoms with Gasteiger partial charge in [0.05, 0.1) is 23.4 Å². The molecule has 138 valence electrons. The number of benzene rings is 1. The molecule has 26 heavy (non-hydrogen) atoms. The Morgan fingerprint density at radius 3 is 2.69 bits per heavy atom. The second kappa shape index (κ2) is 8.57. The number of nitrogens with one attached hydrogen (secondary N) is 1. The molecule has 9 heteroatoms. The minimum Gasteiger partial charge on any atom is -0.467 e. The van der Waals surface area contributed by atoms with Crippen molar-refractivity contribution >= 4 is 29.6 Å². The van der Waals surface area contributed by atoms with Gasteiger partial charge in [0, 0.05) is 6.08 Å². The van der Waals surface area contributed by atoms with Crippen molar-refractivity contribution in [2.75, 3.05) is 6.61 Å². The molecule has 5 nitrogen and oxygen atoms in total. The van der Waals surface area contributed by atoms with Gasteiger partial charge in [0.1, 0.15) is 5.76 Å². The van der Waals surface area contributed by atoms with E-state index in [2.05, 4.69) is 5.32 Å². The smallest absolute Gasteiger partial charge is 0.417 e. The predicted molar refractivity (Wildman–Crippen MR) is 87.0 cm³/mol. The maximum Gasteiger partial charge on any atom is 0.417 e. The van der Waals surface area contributed by atoms with Crippen LogP contribution in [0.1, 0.15) is 16.9 Å². The fourth-order valence-corrected chi connectivity index (χ4v) is 2.09. The lowest BCUT2D eigenvalue weighted by Gasteiger charge is -2.09. The van der Waals surface area contributed by atoms with Crippen LogP contribution in [-0.2, 0) is 27.0 Å². The highest BCUT2D eigenvalue weighted by Crippen LogP contribution is 2.35. The molecule has 0 radical (unpaired) electrons. The second-order valence-electron chi connectivity index (χ2n) is 5.03. The van der Waals surface area contributed by atoms with E-state index >= 15 is 0 Å². The summed E-state index contributed by atoms with van der Waals surface area (Å²) in [6, 6.07) is 6.53. The Morgan fingerprint density at radius 2 is 2.04 bits per heavy atom. The number of carbonyl (C=O) groups is 2. The van der Waals surface area contributed by atoms with Crippen LogP contribution in [-0.4, -0.2) is 18.5 Å². The average Bonchev–Trinajstić information content (AvgIpc) is 3.10. The van der Waals surface area contributed by atoms with E-state index in [9.17, 15) is 22.8 Å². The summed E-state index contributed by atoms with van der Waals surface area (Å²) in [7, 11) is 0. The summed E-state index contributed by atoms with van der Waals surface area (Å²) in [6.07, 6.45) is -1.10. The van der Waals surface area contributed by atoms with E-state index in [1.54, 1.807) is 12.1 Å². The van der Waals surface area contributed by atoms with E-state index in [1.165, 1.54) is 12.3 Å². The Bertz CT molecular complexity index is 801. The monoisotopic (exact) mass is 387 g/mol. The van der Waals surface area contributed by atoms with E-state index in [-0.39, 0.29) is 12.1 Å². The van der Waals surface area contributed by atoms with Crippen LogP contribution in [0.5, 0.6) is 0 Å². The normalized spacial score (nSPS) is 11.5. The number of halogens is 4. The molecule has 0 saturated heterocycles. The fraction of sp³-hybridized carbons (Fsp3) is 0.176. The molecule has 0 spiro atoms. The Balaban J connectivity index is 1.84. The number of hydrogen-bond donors (Lipinski definition) is 1. The van der Waals surface area contributed by atoms with E-state index in [1.807, 2.05) is 0 Å². The van der Waals surface area contributed by atoms with Crippen molar-refractivity contribution in [3.63, 3.8) is 0 Å². The quantitative estimate of drug-likeness (QED) is 0.604. The number of carbonyl (C=O) groups excluding carboxylic acids is 2. The molecule has 0 aliphatic heterocycles. The zero-order valence-corrected chi connectivity index (χ0v) is 13.9. The Hall–Kier alpha value is -2.74. The standard InChI is InChI=1S/C17H13ClF3NO4/c18-14-5-3-11(8-13(14)17(19,20)21)4-6-16(24)26-10-15(23)22-9-12-2-1-7-25-12/h1-8H,9-10H2,(H,22,23)/b6-4+. The molecule has 0 bridgehead atoms. The molecular formula is C17H13ClF3NO4. The molecule has 1 aromatic carbocycles. The maximum absolute atomic E-state index is 12.8. The van der Waals surface area contributed by atoms with E-state index in [0.717, 1.165) is 24.3 Å². The van der Waals surface area contributed by atoms with Crippen LogP contribution < -0.4 is 5.32 Å². The van der Waals surface area contributed by atoms with Gasteiger partial charge in [0.2, 0.25) is 0 Å². The molecular weight excluding hydrogens is 375 g/mol. The summed E-state index contributed by atoms with van der Waals surface area (Å²) in [6.45, 7) is -0.386. The first kappa shape index (κ1) is 19.6. The van der Waals surface area contributed by atoms with Crippen LogP contribution in [0.15, 0.2) is 47.1 Å². The SMILES string of the molecule is O=C(COC(=O)/C=C/c1ccc(Cl)c(C(F)(F)F)c1)NCc1ccco1. The van der Waals surface area contributed by atoms with Crippen molar-refractivity contribution in [2.45, 2.75) is 12.7 Å². The number of hydrogen-bond acceptors (Lipinski definition) is 4. The summed E-state index contributed by atoms with van der Waals surface area (Å²) in [5.74, 6) is -0.886. The van der Waals surface area contributed by atoms with Gasteiger partial charge in [0.15, 0.2) is 6.61 Å². The van der Waals surface area contributed by atoms with E-state index in [4.69, 9.17) is 20.8 Å². The molecule has 0 saturated carbocycles. The van der Waals surface area contributed by atoms with Crippen molar-refractivity contribution in [1.29, 1.82) is 0 Å². The van der Waals surface area contributed by atoms with Gasteiger partial charge in [-0.3, -0.25) is 4.79 Å². The van der Waals surface area contributed by atoms with Crippen molar-refractivity contribution in [2.24, 2.45) is 0 Å². The maximum atomic E-state index is 12.8. The lowest BCUT2D eigenvalue weighted by Crippen LogP contribution is -2.27. The van der Waals surface area contributed by atoms with Crippen molar-refractivity contribution < 1.29 is 31.9 Å². The van der Waals surface area contributed by atoms with Crippen molar-refractivity contribution in [1.82, 2.24) is 5.32 Å². The van der Waals surface area contributed by atoms with Crippen LogP contribution >= 0.6 is 11.6 Å². The lowest BCUT2D eigenvalue weighted by molar-refractivity contribution is -0.143. The van der Waals surface area contributed by atoms with Gasteiger partial charge in [0.25, 0.3) is 5.91 Å². The van der Waals surface area contributed by atoms with E-state index < -0.39 is 35.2 Å². The zero-order chi connectivity index (χ0) is 19.2.